The second kappa shape index (κ2) is 11.7. The lowest BCUT2D eigenvalue weighted by Gasteiger charge is -2.07. The highest BCUT2D eigenvalue weighted by Crippen LogP contribution is 2.24. The average molecular weight is 565 g/mol. The van der Waals surface area contributed by atoms with Crippen LogP contribution in [0.2, 0.25) is 0 Å². The van der Waals surface area contributed by atoms with Crippen LogP contribution < -0.4 is 10.2 Å². The molecule has 4 aromatic carbocycles. The number of amides is 1. The van der Waals surface area contributed by atoms with E-state index in [1.54, 1.807) is 17.0 Å². The number of benzene rings is 4. The molecule has 0 fully saturated rings. The average Bonchev–Trinajstić information content (AvgIpc) is 3.40. The number of nitrogens with one attached hydrogen (secondary N) is 1. The Balaban J connectivity index is 1.25. The molecule has 1 heterocycles. The molecule has 0 bridgehead atoms. The molecule has 1 N–H and O–H groups in total. The molecule has 0 radical (unpaired) electrons. The summed E-state index contributed by atoms with van der Waals surface area (Å²) in [7, 11) is 0. The van der Waals surface area contributed by atoms with Crippen molar-refractivity contribution in [3.05, 3.63) is 136 Å². The molecule has 0 aliphatic rings. The Hall–Kier alpha value is -4.49. The van der Waals surface area contributed by atoms with Crippen LogP contribution in [0.3, 0.4) is 0 Å². The summed E-state index contributed by atoms with van der Waals surface area (Å²) >= 11 is 3.43. The lowest BCUT2D eigenvalue weighted by molar-refractivity contribution is 0.0949. The van der Waals surface area contributed by atoms with Crippen molar-refractivity contribution >= 4 is 28.1 Å². The predicted molar refractivity (Wildman–Crippen MR) is 154 cm³/mol. The van der Waals surface area contributed by atoms with E-state index in [4.69, 9.17) is 4.74 Å². The van der Waals surface area contributed by atoms with E-state index in [1.807, 2.05) is 110 Å². The van der Waals surface area contributed by atoms with Crippen LogP contribution in [-0.2, 0) is 6.61 Å². The van der Waals surface area contributed by atoms with Gasteiger partial charge in [0.1, 0.15) is 12.4 Å². The third-order valence-corrected chi connectivity index (χ3v) is 6.40. The second-order valence-electron chi connectivity index (χ2n) is 8.71. The summed E-state index contributed by atoms with van der Waals surface area (Å²) in [5.74, 6) is 0.364. The number of hydrogen-bond donors (Lipinski definition) is 1. The van der Waals surface area contributed by atoms with E-state index in [1.165, 1.54) is 0 Å². The number of rotatable bonds is 8. The lowest BCUT2D eigenvalue weighted by atomic mass is 10.1. The van der Waals surface area contributed by atoms with Gasteiger partial charge in [0.25, 0.3) is 5.91 Å². The highest BCUT2D eigenvalue weighted by Gasteiger charge is 2.16. The minimum absolute atomic E-state index is 0.276. The quantitative estimate of drug-likeness (QED) is 0.164. The van der Waals surface area contributed by atoms with Crippen molar-refractivity contribution in [2.24, 2.45) is 5.10 Å². The summed E-state index contributed by atoms with van der Waals surface area (Å²) < 4.78 is 8.65. The number of para-hydroxylation sites is 1. The first kappa shape index (κ1) is 25.2. The Kier molecular flexibility index (Phi) is 7.75. The van der Waals surface area contributed by atoms with Crippen molar-refractivity contribution in [3.63, 3.8) is 0 Å². The van der Waals surface area contributed by atoms with Crippen LogP contribution in [0.1, 0.15) is 27.2 Å². The minimum Gasteiger partial charge on any atom is -0.489 e. The molecule has 5 rings (SSSR count). The first-order chi connectivity index (χ1) is 18.5. The summed E-state index contributed by atoms with van der Waals surface area (Å²) in [6, 6.07) is 35.2. The van der Waals surface area contributed by atoms with Gasteiger partial charge in [-0.3, -0.25) is 4.79 Å². The zero-order valence-electron chi connectivity index (χ0n) is 20.7. The monoisotopic (exact) mass is 564 g/mol. The normalized spacial score (nSPS) is 11.0. The zero-order valence-corrected chi connectivity index (χ0v) is 22.3. The summed E-state index contributed by atoms with van der Waals surface area (Å²) in [5.41, 5.74) is 8.60. The number of aromatic nitrogens is 2. The van der Waals surface area contributed by atoms with Gasteiger partial charge in [0, 0.05) is 10.0 Å². The number of carbonyl (C=O) groups excluding carboxylic acids is 1. The molecule has 0 atom stereocenters. The summed E-state index contributed by atoms with van der Waals surface area (Å²) in [6.07, 6.45) is 1.59. The van der Waals surface area contributed by atoms with Gasteiger partial charge in [-0.1, -0.05) is 76.1 Å². The largest absolute Gasteiger partial charge is 0.489 e. The van der Waals surface area contributed by atoms with Crippen molar-refractivity contribution in [1.82, 2.24) is 15.2 Å². The Morgan fingerprint density at radius 2 is 1.66 bits per heavy atom. The molecular weight excluding hydrogens is 540 g/mol. The minimum atomic E-state index is -0.390. The molecule has 1 aromatic heterocycles. The lowest BCUT2D eigenvalue weighted by Crippen LogP contribution is -2.18. The fourth-order valence-electron chi connectivity index (χ4n) is 3.81. The second-order valence-corrected chi connectivity index (χ2v) is 9.63. The van der Waals surface area contributed by atoms with Gasteiger partial charge in [-0.05, 0) is 72.6 Å². The van der Waals surface area contributed by atoms with Crippen LogP contribution in [0, 0.1) is 6.92 Å². The fourth-order valence-corrected chi connectivity index (χ4v) is 4.07. The van der Waals surface area contributed by atoms with Crippen LogP contribution in [-0.4, -0.2) is 21.9 Å². The maximum Gasteiger partial charge on any atom is 0.291 e. The molecule has 0 saturated carbocycles. The number of hydrogen-bond acceptors (Lipinski definition) is 4. The van der Waals surface area contributed by atoms with Crippen LogP contribution in [0.25, 0.3) is 16.9 Å². The molecule has 0 aliphatic carbocycles. The van der Waals surface area contributed by atoms with Gasteiger partial charge in [0.15, 0.2) is 5.69 Å². The fraction of sp³-hybridized carbons (Fsp3) is 0.0645. The Morgan fingerprint density at radius 3 is 2.37 bits per heavy atom. The maximum absolute atomic E-state index is 12.9. The van der Waals surface area contributed by atoms with E-state index in [0.717, 1.165) is 43.9 Å². The molecule has 5 aromatic rings. The predicted octanol–water partition coefficient (Wildman–Crippen LogP) is 6.95. The first-order valence-electron chi connectivity index (χ1n) is 12.1. The number of halogens is 1. The molecule has 188 valence electrons. The van der Waals surface area contributed by atoms with E-state index in [-0.39, 0.29) is 5.69 Å². The molecule has 38 heavy (non-hydrogen) atoms. The third-order valence-electron chi connectivity index (χ3n) is 5.87. The molecule has 0 unspecified atom stereocenters. The molecule has 7 heteroatoms. The number of hydrazone groups is 1. The number of aryl methyl sites for hydroxylation is 1. The van der Waals surface area contributed by atoms with Gasteiger partial charge in [-0.15, -0.1) is 0 Å². The standard InChI is InChI=1S/C31H25BrN4O2/c1-22-7-13-25(14-8-22)30-19-29(35-36(30)27-5-3-2-4-6-27)31(37)34-33-20-23-11-17-28(18-12-23)38-21-24-9-15-26(32)16-10-24/h2-20H,21H2,1H3,(H,34,37)/b33-20-. The zero-order chi connectivity index (χ0) is 26.3. The van der Waals surface area contributed by atoms with Gasteiger partial charge in [-0.25, -0.2) is 10.1 Å². The van der Waals surface area contributed by atoms with E-state index < -0.39 is 5.91 Å². The number of nitrogens with zero attached hydrogens (tertiary/aromatic N) is 3. The molecule has 1 amide bonds. The van der Waals surface area contributed by atoms with E-state index >= 15 is 0 Å². The van der Waals surface area contributed by atoms with Crippen LogP contribution in [0.4, 0.5) is 0 Å². The number of ether oxygens (including phenoxy) is 1. The summed E-state index contributed by atoms with van der Waals surface area (Å²) in [5, 5.41) is 8.70. The Morgan fingerprint density at radius 1 is 0.947 bits per heavy atom. The number of carbonyl (C=O) groups is 1. The Bertz CT molecular complexity index is 1540. The van der Waals surface area contributed by atoms with Crippen molar-refractivity contribution in [1.29, 1.82) is 0 Å². The van der Waals surface area contributed by atoms with Gasteiger partial charge >= 0.3 is 0 Å². The summed E-state index contributed by atoms with van der Waals surface area (Å²) in [6.45, 7) is 2.52. The van der Waals surface area contributed by atoms with Crippen LogP contribution in [0.5, 0.6) is 5.75 Å². The first-order valence-corrected chi connectivity index (χ1v) is 12.9. The molecule has 0 saturated heterocycles. The molecular formula is C31H25BrN4O2. The SMILES string of the molecule is Cc1ccc(-c2cc(C(=O)N/N=C\c3ccc(OCc4ccc(Br)cc4)cc3)nn2-c2ccccc2)cc1. The van der Waals surface area contributed by atoms with Gasteiger partial charge in [0.05, 0.1) is 17.6 Å². The molecule has 0 aliphatic heterocycles. The van der Waals surface area contributed by atoms with Gasteiger partial charge in [0.2, 0.25) is 0 Å². The highest BCUT2D eigenvalue weighted by molar-refractivity contribution is 9.10. The highest BCUT2D eigenvalue weighted by atomic mass is 79.9. The maximum atomic E-state index is 12.9. The topological polar surface area (TPSA) is 68.5 Å². The molecule has 0 spiro atoms. The molecule has 6 nitrogen and oxygen atoms in total. The van der Waals surface area contributed by atoms with E-state index in [2.05, 4.69) is 31.6 Å². The van der Waals surface area contributed by atoms with Gasteiger partial charge < -0.3 is 4.74 Å². The van der Waals surface area contributed by atoms with Crippen molar-refractivity contribution in [3.8, 4) is 22.7 Å². The van der Waals surface area contributed by atoms with Gasteiger partial charge in [-0.2, -0.15) is 10.2 Å². The van der Waals surface area contributed by atoms with Crippen LogP contribution in [0.15, 0.2) is 119 Å². The van der Waals surface area contributed by atoms with Crippen LogP contribution >= 0.6 is 15.9 Å². The third kappa shape index (κ3) is 6.25. The van der Waals surface area contributed by atoms with E-state index in [9.17, 15) is 4.79 Å². The van der Waals surface area contributed by atoms with Crippen molar-refractivity contribution < 1.29 is 9.53 Å². The smallest absolute Gasteiger partial charge is 0.291 e. The Labute approximate surface area is 229 Å². The van der Waals surface area contributed by atoms with Crippen molar-refractivity contribution in [2.75, 3.05) is 0 Å². The van der Waals surface area contributed by atoms with Crippen molar-refractivity contribution in [2.45, 2.75) is 13.5 Å². The summed E-state index contributed by atoms with van der Waals surface area (Å²) in [4.78, 5) is 12.9. The van der Waals surface area contributed by atoms with E-state index in [0.29, 0.717) is 6.61 Å².